The Kier molecular flexibility index (Phi) is 6.61. The summed E-state index contributed by atoms with van der Waals surface area (Å²) < 4.78 is 5.68. The number of hydrogen-bond donors (Lipinski definition) is 1. The maximum Gasteiger partial charge on any atom is 0.247 e. The Morgan fingerprint density at radius 2 is 1.89 bits per heavy atom. The van der Waals surface area contributed by atoms with E-state index in [1.165, 1.54) is 19.3 Å². The van der Waals surface area contributed by atoms with Crippen molar-refractivity contribution in [2.45, 2.75) is 57.9 Å². The molecule has 0 unspecified atom stereocenters. The van der Waals surface area contributed by atoms with Gasteiger partial charge in [0, 0.05) is 30.5 Å². The van der Waals surface area contributed by atoms with Crippen LogP contribution >= 0.6 is 0 Å². The summed E-state index contributed by atoms with van der Waals surface area (Å²) in [7, 11) is 0. The topological polar surface area (TPSA) is 71.3 Å². The van der Waals surface area contributed by atoms with E-state index in [2.05, 4.69) is 34.3 Å². The molecule has 1 aromatic carbocycles. The quantitative estimate of drug-likeness (QED) is 0.771. The molecule has 1 amide bonds. The Labute approximate surface area is 161 Å². The largest absolute Gasteiger partial charge is 0.421 e. The number of piperidine rings is 1. The van der Waals surface area contributed by atoms with Crippen molar-refractivity contribution in [1.29, 1.82) is 0 Å². The van der Waals surface area contributed by atoms with Crippen molar-refractivity contribution in [3.8, 4) is 11.5 Å². The van der Waals surface area contributed by atoms with E-state index >= 15 is 0 Å². The number of aryl methyl sites for hydroxylation is 1. The Bertz CT molecular complexity index is 721. The Hall–Kier alpha value is -2.21. The summed E-state index contributed by atoms with van der Waals surface area (Å²) in [4.78, 5) is 14.7. The van der Waals surface area contributed by atoms with E-state index in [0.717, 1.165) is 18.7 Å². The summed E-state index contributed by atoms with van der Waals surface area (Å²) in [5.74, 6) is 1.19. The second-order valence-corrected chi connectivity index (χ2v) is 7.86. The fourth-order valence-electron chi connectivity index (χ4n) is 3.47. The first-order valence-electron chi connectivity index (χ1n) is 9.94. The van der Waals surface area contributed by atoms with Gasteiger partial charge in [0.05, 0.1) is 0 Å². The first-order chi connectivity index (χ1) is 13.0. The lowest BCUT2D eigenvalue weighted by atomic mass is 9.98. The predicted octanol–water partition coefficient (Wildman–Crippen LogP) is 3.44. The minimum Gasteiger partial charge on any atom is -0.421 e. The number of carbonyl (C=O) groups excluding carboxylic acids is 1. The first-order valence-corrected chi connectivity index (χ1v) is 9.94. The summed E-state index contributed by atoms with van der Waals surface area (Å²) in [6.07, 6.45) is 5.62. The molecule has 0 spiro atoms. The number of nitrogens with one attached hydrogen (secondary N) is 1. The summed E-state index contributed by atoms with van der Waals surface area (Å²) in [6.45, 7) is 7.36. The van der Waals surface area contributed by atoms with Gasteiger partial charge in [-0.2, -0.15) is 0 Å². The number of likely N-dealkylation sites (tertiary alicyclic amines) is 1. The molecule has 1 aromatic heterocycles. The molecule has 1 saturated heterocycles. The van der Waals surface area contributed by atoms with Crippen LogP contribution < -0.4 is 5.32 Å². The average Bonchev–Trinajstić information content (AvgIpc) is 3.17. The minimum absolute atomic E-state index is 0.00710. The van der Waals surface area contributed by atoms with E-state index in [0.29, 0.717) is 37.6 Å². The van der Waals surface area contributed by atoms with E-state index < -0.39 is 0 Å². The van der Waals surface area contributed by atoms with E-state index in [1.807, 2.05) is 30.3 Å². The number of hydrogen-bond acceptors (Lipinski definition) is 5. The lowest BCUT2D eigenvalue weighted by Gasteiger charge is -2.41. The maximum absolute atomic E-state index is 12.2. The van der Waals surface area contributed by atoms with Crippen LogP contribution in [0.25, 0.3) is 11.5 Å². The van der Waals surface area contributed by atoms with Crippen LogP contribution in [0.3, 0.4) is 0 Å². The molecule has 146 valence electrons. The number of rotatable bonds is 8. The zero-order valence-corrected chi connectivity index (χ0v) is 16.4. The second-order valence-electron chi connectivity index (χ2n) is 7.86. The highest BCUT2D eigenvalue weighted by molar-refractivity contribution is 5.75. The van der Waals surface area contributed by atoms with E-state index in [-0.39, 0.29) is 11.4 Å². The van der Waals surface area contributed by atoms with Crippen molar-refractivity contribution >= 4 is 5.91 Å². The third-order valence-electron chi connectivity index (χ3n) is 5.21. The SMILES string of the molecule is CC(C)(CNC(=O)CCCc1nnc(-c2ccccc2)o1)N1CCCCC1. The molecule has 0 saturated carbocycles. The Morgan fingerprint density at radius 3 is 2.63 bits per heavy atom. The van der Waals surface area contributed by atoms with E-state index in [1.54, 1.807) is 0 Å². The summed E-state index contributed by atoms with van der Waals surface area (Å²) in [5, 5.41) is 11.3. The van der Waals surface area contributed by atoms with E-state index in [4.69, 9.17) is 4.42 Å². The van der Waals surface area contributed by atoms with Crippen LogP contribution in [0.1, 0.15) is 51.8 Å². The van der Waals surface area contributed by atoms with Crippen LogP contribution in [0.2, 0.25) is 0 Å². The standard InChI is InChI=1S/C21H30N4O2/c1-21(2,25-14-7-4-8-15-25)16-22-18(26)12-9-13-19-23-24-20(27-19)17-10-5-3-6-11-17/h3,5-6,10-11H,4,7-9,12-16H2,1-2H3,(H,22,26). The number of amides is 1. The van der Waals surface area contributed by atoms with Gasteiger partial charge in [-0.1, -0.05) is 24.6 Å². The normalized spacial score (nSPS) is 15.6. The van der Waals surface area contributed by atoms with Crippen LogP contribution in [-0.4, -0.2) is 46.2 Å². The third kappa shape index (κ3) is 5.63. The molecule has 3 rings (SSSR count). The molecule has 2 aromatic rings. The molecule has 0 radical (unpaired) electrons. The minimum atomic E-state index is 0.00710. The molecule has 1 aliphatic heterocycles. The van der Waals surface area contributed by atoms with Crippen LogP contribution in [-0.2, 0) is 11.2 Å². The molecule has 6 heteroatoms. The van der Waals surface area contributed by atoms with Crippen molar-refractivity contribution in [2.75, 3.05) is 19.6 Å². The summed E-state index contributed by atoms with van der Waals surface area (Å²) in [6, 6.07) is 9.71. The van der Waals surface area contributed by atoms with Crippen LogP contribution in [0, 0.1) is 0 Å². The van der Waals surface area contributed by atoms with Gasteiger partial charge < -0.3 is 9.73 Å². The molecule has 0 bridgehead atoms. The van der Waals surface area contributed by atoms with Crippen molar-refractivity contribution in [1.82, 2.24) is 20.4 Å². The fraction of sp³-hybridized carbons (Fsp3) is 0.571. The average molecular weight is 370 g/mol. The maximum atomic E-state index is 12.2. The molecule has 1 fully saturated rings. The van der Waals surface area contributed by atoms with Crippen molar-refractivity contribution < 1.29 is 9.21 Å². The van der Waals surface area contributed by atoms with Crippen molar-refractivity contribution in [2.24, 2.45) is 0 Å². The number of carbonyl (C=O) groups is 1. The highest BCUT2D eigenvalue weighted by atomic mass is 16.4. The van der Waals surface area contributed by atoms with Crippen molar-refractivity contribution in [3.05, 3.63) is 36.2 Å². The molecular formula is C21H30N4O2. The van der Waals surface area contributed by atoms with Gasteiger partial charge in [-0.3, -0.25) is 9.69 Å². The predicted molar refractivity (Wildman–Crippen MR) is 105 cm³/mol. The molecule has 0 atom stereocenters. The van der Waals surface area contributed by atoms with Crippen LogP contribution in [0.5, 0.6) is 0 Å². The van der Waals surface area contributed by atoms with Crippen LogP contribution in [0.15, 0.2) is 34.7 Å². The highest BCUT2D eigenvalue weighted by Crippen LogP contribution is 2.20. The second kappa shape index (κ2) is 9.13. The smallest absolute Gasteiger partial charge is 0.247 e. The molecular weight excluding hydrogens is 340 g/mol. The fourth-order valence-corrected chi connectivity index (χ4v) is 3.47. The zero-order valence-electron chi connectivity index (χ0n) is 16.4. The first kappa shape index (κ1) is 19.5. The van der Waals surface area contributed by atoms with Gasteiger partial charge in [-0.05, 0) is 58.3 Å². The number of aromatic nitrogens is 2. The summed E-state index contributed by atoms with van der Waals surface area (Å²) >= 11 is 0. The van der Waals surface area contributed by atoms with Gasteiger partial charge in [0.1, 0.15) is 0 Å². The molecule has 27 heavy (non-hydrogen) atoms. The third-order valence-corrected chi connectivity index (χ3v) is 5.21. The van der Waals surface area contributed by atoms with Gasteiger partial charge in [0.2, 0.25) is 17.7 Å². The monoisotopic (exact) mass is 370 g/mol. The van der Waals surface area contributed by atoms with Gasteiger partial charge >= 0.3 is 0 Å². The van der Waals surface area contributed by atoms with Crippen LogP contribution in [0.4, 0.5) is 0 Å². The lowest BCUT2D eigenvalue weighted by molar-refractivity contribution is -0.121. The molecule has 1 aliphatic rings. The number of benzene rings is 1. The molecule has 2 heterocycles. The number of nitrogens with zero attached hydrogens (tertiary/aromatic N) is 3. The van der Waals surface area contributed by atoms with E-state index in [9.17, 15) is 4.79 Å². The molecule has 0 aliphatic carbocycles. The lowest BCUT2D eigenvalue weighted by Crippen LogP contribution is -2.53. The van der Waals surface area contributed by atoms with Gasteiger partial charge in [0.15, 0.2) is 0 Å². The Morgan fingerprint density at radius 1 is 1.15 bits per heavy atom. The zero-order chi connectivity index (χ0) is 19.1. The van der Waals surface area contributed by atoms with Crippen molar-refractivity contribution in [3.63, 3.8) is 0 Å². The highest BCUT2D eigenvalue weighted by Gasteiger charge is 2.28. The summed E-state index contributed by atoms with van der Waals surface area (Å²) in [5.41, 5.74) is 0.918. The molecule has 1 N–H and O–H groups in total. The van der Waals surface area contributed by atoms with Gasteiger partial charge in [0.25, 0.3) is 0 Å². The van der Waals surface area contributed by atoms with Gasteiger partial charge in [-0.25, -0.2) is 0 Å². The van der Waals surface area contributed by atoms with Gasteiger partial charge in [-0.15, -0.1) is 10.2 Å². The molecule has 6 nitrogen and oxygen atoms in total. The Balaban J connectivity index is 1.39.